The minimum atomic E-state index is -3.17. The second-order valence-electron chi connectivity index (χ2n) is 8.56. The van der Waals surface area contributed by atoms with E-state index in [1.807, 2.05) is 24.4 Å². The van der Waals surface area contributed by atoms with Crippen LogP contribution in [0.3, 0.4) is 0 Å². The Kier molecular flexibility index (Phi) is 6.02. The summed E-state index contributed by atoms with van der Waals surface area (Å²) in [4.78, 5) is 20.7. The number of aromatic nitrogens is 2. The molecular formula is C24H22Cl2N4O3S. The van der Waals surface area contributed by atoms with Gasteiger partial charge >= 0.3 is 0 Å². The number of piperidine rings is 1. The number of aromatic amines is 1. The number of halogens is 2. The fourth-order valence-electron chi connectivity index (χ4n) is 4.44. The summed E-state index contributed by atoms with van der Waals surface area (Å²) in [5.41, 5.74) is 3.87. The van der Waals surface area contributed by atoms with Gasteiger partial charge in [0, 0.05) is 52.2 Å². The number of nitrogens with zero attached hydrogens (tertiary/aromatic N) is 2. The van der Waals surface area contributed by atoms with Crippen molar-refractivity contribution in [1.29, 1.82) is 0 Å². The second kappa shape index (κ2) is 8.85. The second-order valence-corrected chi connectivity index (χ2v) is 11.4. The maximum Gasteiger partial charge on any atom is 0.255 e. The molecule has 0 atom stereocenters. The molecule has 5 rings (SSSR count). The number of nitrogens with one attached hydrogen (secondary N) is 2. The van der Waals surface area contributed by atoms with E-state index in [4.69, 9.17) is 23.2 Å². The molecule has 0 unspecified atom stereocenters. The number of carbonyl (C=O) groups excluding carboxylic acids is 1. The number of amides is 1. The molecular weight excluding hydrogens is 495 g/mol. The number of anilines is 1. The Labute approximate surface area is 207 Å². The van der Waals surface area contributed by atoms with E-state index in [2.05, 4.69) is 21.4 Å². The van der Waals surface area contributed by atoms with Crippen molar-refractivity contribution < 1.29 is 13.2 Å². The maximum atomic E-state index is 12.7. The molecule has 1 saturated heterocycles. The molecule has 0 aliphatic carbocycles. The molecule has 2 N–H and O–H groups in total. The maximum absolute atomic E-state index is 12.7. The molecule has 1 aliphatic heterocycles. The van der Waals surface area contributed by atoms with Crippen LogP contribution in [0.2, 0.25) is 10.0 Å². The van der Waals surface area contributed by atoms with Crippen LogP contribution < -0.4 is 5.32 Å². The normalized spacial score (nSPS) is 15.7. The molecule has 4 aromatic rings. The number of benzene rings is 2. The highest BCUT2D eigenvalue weighted by Crippen LogP contribution is 2.33. The molecule has 2 aromatic heterocycles. The lowest BCUT2D eigenvalue weighted by molar-refractivity contribution is 0.102. The van der Waals surface area contributed by atoms with Crippen molar-refractivity contribution in [2.24, 2.45) is 0 Å². The van der Waals surface area contributed by atoms with Crippen molar-refractivity contribution in [2.45, 2.75) is 18.8 Å². The molecule has 0 bridgehead atoms. The van der Waals surface area contributed by atoms with Gasteiger partial charge < -0.3 is 10.3 Å². The Bertz CT molecular complexity index is 1530. The largest absolute Gasteiger partial charge is 0.353 e. The fourth-order valence-corrected chi connectivity index (χ4v) is 5.61. The summed E-state index contributed by atoms with van der Waals surface area (Å²) in [6.07, 6.45) is 4.54. The lowest BCUT2D eigenvalue weighted by Crippen LogP contribution is -2.37. The summed E-state index contributed by atoms with van der Waals surface area (Å²) in [5.74, 6) is -0.0809. The van der Waals surface area contributed by atoms with Gasteiger partial charge in [-0.15, -0.1) is 0 Å². The van der Waals surface area contributed by atoms with Gasteiger partial charge in [0.05, 0.1) is 28.0 Å². The summed E-state index contributed by atoms with van der Waals surface area (Å²) in [6, 6.07) is 12.5. The Morgan fingerprint density at radius 1 is 1.03 bits per heavy atom. The first-order chi connectivity index (χ1) is 16.2. The van der Waals surface area contributed by atoms with Gasteiger partial charge in [-0.2, -0.15) is 0 Å². The summed E-state index contributed by atoms with van der Waals surface area (Å²) >= 11 is 12.0. The Balaban J connectivity index is 1.42. The molecule has 1 fully saturated rings. The van der Waals surface area contributed by atoms with Gasteiger partial charge in [0.1, 0.15) is 0 Å². The Morgan fingerprint density at radius 3 is 2.47 bits per heavy atom. The van der Waals surface area contributed by atoms with Gasteiger partial charge in [0.2, 0.25) is 10.0 Å². The highest BCUT2D eigenvalue weighted by atomic mass is 35.5. The molecule has 1 aliphatic rings. The number of pyridine rings is 1. The average molecular weight is 517 g/mol. The Hall–Kier alpha value is -2.65. The van der Waals surface area contributed by atoms with Crippen LogP contribution in [0.4, 0.5) is 5.69 Å². The number of hydrogen-bond donors (Lipinski definition) is 2. The molecule has 0 saturated carbocycles. The van der Waals surface area contributed by atoms with Crippen LogP contribution in [0.1, 0.15) is 34.8 Å². The number of fused-ring (bicyclic) bond motifs is 3. The monoisotopic (exact) mass is 516 g/mol. The molecule has 7 nitrogen and oxygen atoms in total. The van der Waals surface area contributed by atoms with Crippen molar-refractivity contribution in [1.82, 2.24) is 14.3 Å². The molecule has 0 spiro atoms. The summed E-state index contributed by atoms with van der Waals surface area (Å²) < 4.78 is 25.1. The van der Waals surface area contributed by atoms with Crippen molar-refractivity contribution in [3.8, 4) is 0 Å². The smallest absolute Gasteiger partial charge is 0.255 e. The number of carbonyl (C=O) groups is 1. The zero-order valence-electron chi connectivity index (χ0n) is 18.3. The van der Waals surface area contributed by atoms with E-state index in [0.717, 1.165) is 40.3 Å². The summed E-state index contributed by atoms with van der Waals surface area (Å²) in [7, 11) is -3.17. The van der Waals surface area contributed by atoms with E-state index in [9.17, 15) is 13.2 Å². The van der Waals surface area contributed by atoms with Crippen molar-refractivity contribution in [3.05, 3.63) is 70.0 Å². The minimum Gasteiger partial charge on any atom is -0.353 e. The third-order valence-electron chi connectivity index (χ3n) is 6.29. The van der Waals surface area contributed by atoms with Gasteiger partial charge in [0.25, 0.3) is 5.91 Å². The predicted octanol–water partition coefficient (Wildman–Crippen LogP) is 5.41. The van der Waals surface area contributed by atoms with E-state index < -0.39 is 10.0 Å². The van der Waals surface area contributed by atoms with Gasteiger partial charge in [0.15, 0.2) is 0 Å². The average Bonchev–Trinajstić information content (AvgIpc) is 3.17. The van der Waals surface area contributed by atoms with Crippen molar-refractivity contribution >= 4 is 66.6 Å². The van der Waals surface area contributed by atoms with Gasteiger partial charge in [-0.3, -0.25) is 9.78 Å². The quantitative estimate of drug-likeness (QED) is 0.378. The summed E-state index contributed by atoms with van der Waals surface area (Å²) in [6.45, 7) is 1.00. The third kappa shape index (κ3) is 4.51. The minimum absolute atomic E-state index is 0.199. The van der Waals surface area contributed by atoms with E-state index in [-0.39, 0.29) is 11.8 Å². The topological polar surface area (TPSA) is 95.2 Å². The highest BCUT2D eigenvalue weighted by molar-refractivity contribution is 7.88. The van der Waals surface area contributed by atoms with Crippen LogP contribution in [-0.2, 0) is 10.0 Å². The lowest BCUT2D eigenvalue weighted by Gasteiger charge is -2.29. The van der Waals surface area contributed by atoms with Crippen molar-refractivity contribution in [2.75, 3.05) is 24.7 Å². The standard InChI is InChI=1S/C24H22Cl2N4O3S/c1-34(32,33)30-8-6-14(7-9-30)22-12-18-17-11-16(3-5-21(17)29-23(18)13-27-22)28-24(31)15-2-4-19(25)20(26)10-15/h2-5,10-14,29H,6-9H2,1H3,(H,28,31). The SMILES string of the molecule is CS(=O)(=O)N1CCC(c2cc3c(cn2)[nH]c2ccc(NC(=O)c4ccc(Cl)c(Cl)c4)cc23)CC1. The predicted molar refractivity (Wildman–Crippen MR) is 136 cm³/mol. The number of rotatable bonds is 4. The highest BCUT2D eigenvalue weighted by Gasteiger charge is 2.26. The molecule has 0 radical (unpaired) electrons. The molecule has 2 aromatic carbocycles. The van der Waals surface area contributed by atoms with Crippen LogP contribution in [0.15, 0.2) is 48.7 Å². The number of sulfonamides is 1. The lowest BCUT2D eigenvalue weighted by atomic mass is 9.93. The zero-order valence-corrected chi connectivity index (χ0v) is 20.6. The summed E-state index contributed by atoms with van der Waals surface area (Å²) in [5, 5.41) is 5.61. The van der Waals surface area contributed by atoms with Crippen LogP contribution in [-0.4, -0.2) is 47.9 Å². The van der Waals surface area contributed by atoms with Crippen LogP contribution in [0.25, 0.3) is 21.8 Å². The number of H-pyrrole nitrogens is 1. The third-order valence-corrected chi connectivity index (χ3v) is 8.33. The molecule has 34 heavy (non-hydrogen) atoms. The van der Waals surface area contributed by atoms with Crippen LogP contribution >= 0.6 is 23.2 Å². The van der Waals surface area contributed by atoms with E-state index in [1.54, 1.807) is 12.1 Å². The first-order valence-corrected chi connectivity index (χ1v) is 13.4. The first kappa shape index (κ1) is 23.1. The van der Waals surface area contributed by atoms with Gasteiger partial charge in [-0.05, 0) is 55.3 Å². The van der Waals surface area contributed by atoms with Crippen LogP contribution in [0, 0.1) is 0 Å². The number of hydrogen-bond acceptors (Lipinski definition) is 4. The molecule has 1 amide bonds. The Morgan fingerprint density at radius 2 is 1.76 bits per heavy atom. The van der Waals surface area contributed by atoms with Gasteiger partial charge in [-0.25, -0.2) is 12.7 Å². The van der Waals surface area contributed by atoms with E-state index in [1.165, 1.54) is 16.6 Å². The molecule has 176 valence electrons. The molecule has 10 heteroatoms. The molecule has 3 heterocycles. The van der Waals surface area contributed by atoms with Crippen LogP contribution in [0.5, 0.6) is 0 Å². The zero-order chi connectivity index (χ0) is 24.0. The fraction of sp³-hybridized carbons (Fsp3) is 0.250. The van der Waals surface area contributed by atoms with Gasteiger partial charge in [-0.1, -0.05) is 23.2 Å². The first-order valence-electron chi connectivity index (χ1n) is 10.8. The van der Waals surface area contributed by atoms with Crippen molar-refractivity contribution in [3.63, 3.8) is 0 Å². The van der Waals surface area contributed by atoms with E-state index in [0.29, 0.717) is 34.4 Å². The van der Waals surface area contributed by atoms with E-state index >= 15 is 0 Å².